The van der Waals surface area contributed by atoms with E-state index in [1.165, 1.54) is 0 Å². The minimum absolute atomic E-state index is 0.120. The van der Waals surface area contributed by atoms with Crippen molar-refractivity contribution < 1.29 is 4.74 Å². The van der Waals surface area contributed by atoms with Crippen molar-refractivity contribution >= 4 is 0 Å². The molecule has 0 amide bonds. The number of allylic oxidation sites excluding steroid dienone is 1. The monoisotopic (exact) mass is 423 g/mol. The maximum atomic E-state index is 9.84. The third-order valence-electron chi connectivity index (χ3n) is 5.69. The molecule has 0 fully saturated rings. The number of hydrogen-bond acceptors (Lipinski definition) is 6. The van der Waals surface area contributed by atoms with Crippen LogP contribution in [0.4, 0.5) is 0 Å². The lowest BCUT2D eigenvalue weighted by atomic mass is 9.83. The van der Waals surface area contributed by atoms with Gasteiger partial charge in [-0.05, 0) is 36.2 Å². The van der Waals surface area contributed by atoms with Crippen LogP contribution in [0.1, 0.15) is 29.7 Å². The highest BCUT2D eigenvalue weighted by molar-refractivity contribution is 5.59. The van der Waals surface area contributed by atoms with Gasteiger partial charge in [-0.1, -0.05) is 19.1 Å². The number of nitriles is 1. The van der Waals surface area contributed by atoms with Gasteiger partial charge >= 0.3 is 0 Å². The fourth-order valence-electron chi connectivity index (χ4n) is 4.20. The van der Waals surface area contributed by atoms with Crippen molar-refractivity contribution in [3.8, 4) is 29.0 Å². The van der Waals surface area contributed by atoms with Crippen LogP contribution in [0.15, 0.2) is 72.6 Å². The maximum Gasteiger partial charge on any atom is 0.224 e. The van der Waals surface area contributed by atoms with E-state index in [1.807, 2.05) is 61.1 Å². The number of rotatable bonds is 4. The van der Waals surface area contributed by atoms with Gasteiger partial charge in [0.1, 0.15) is 17.5 Å². The number of nitrogens with zero attached hydrogens (tertiary/aromatic N) is 6. The number of aromatic nitrogens is 5. The first-order chi connectivity index (χ1) is 15.6. The van der Waals surface area contributed by atoms with Gasteiger partial charge < -0.3 is 10.5 Å². The lowest BCUT2D eigenvalue weighted by Crippen LogP contribution is -2.22. The highest BCUT2D eigenvalue weighted by Gasteiger charge is 2.35. The summed E-state index contributed by atoms with van der Waals surface area (Å²) in [6.45, 7) is 2.04. The van der Waals surface area contributed by atoms with E-state index in [-0.39, 0.29) is 11.8 Å². The molecule has 0 bridgehead atoms. The van der Waals surface area contributed by atoms with E-state index in [9.17, 15) is 5.26 Å². The predicted molar refractivity (Wildman–Crippen MR) is 119 cm³/mol. The normalized spacial score (nSPS) is 15.2. The quantitative estimate of drug-likeness (QED) is 0.539. The van der Waals surface area contributed by atoms with Crippen molar-refractivity contribution in [3.05, 3.63) is 89.5 Å². The van der Waals surface area contributed by atoms with Crippen LogP contribution in [-0.4, -0.2) is 24.3 Å². The molecule has 4 aromatic rings. The highest BCUT2D eigenvalue weighted by Crippen LogP contribution is 2.44. The fraction of sp³-hybridized carbons (Fsp3) is 0.167. The van der Waals surface area contributed by atoms with Crippen LogP contribution < -0.4 is 10.5 Å². The Kier molecular flexibility index (Phi) is 4.71. The van der Waals surface area contributed by atoms with Gasteiger partial charge in [0.05, 0.1) is 17.2 Å². The summed E-state index contributed by atoms with van der Waals surface area (Å²) in [7, 11) is 1.82. The molecule has 8 heteroatoms. The summed E-state index contributed by atoms with van der Waals surface area (Å²) in [6.07, 6.45) is 7.92. The number of ether oxygens (including phenoxy) is 1. The smallest absolute Gasteiger partial charge is 0.224 e. The van der Waals surface area contributed by atoms with Crippen LogP contribution in [0.2, 0.25) is 0 Å². The van der Waals surface area contributed by atoms with Crippen LogP contribution >= 0.6 is 0 Å². The third kappa shape index (κ3) is 3.03. The molecule has 1 unspecified atom stereocenters. The zero-order chi connectivity index (χ0) is 22.2. The van der Waals surface area contributed by atoms with E-state index in [1.54, 1.807) is 23.3 Å². The Morgan fingerprint density at radius 1 is 1.12 bits per heavy atom. The zero-order valence-corrected chi connectivity index (χ0v) is 17.7. The molecule has 4 heterocycles. The SMILES string of the molecule is CCc1nn(C)c2c1C(c1ccc(-n3ccnc3-c3ccncc3)cc1)C(C#N)=C(N)O2. The van der Waals surface area contributed by atoms with E-state index in [2.05, 4.69) is 21.1 Å². The van der Waals surface area contributed by atoms with Crippen LogP contribution in [0.5, 0.6) is 5.88 Å². The molecule has 1 atom stereocenters. The number of imidazole rings is 1. The molecule has 0 aliphatic carbocycles. The maximum absolute atomic E-state index is 9.84. The second-order valence-electron chi connectivity index (χ2n) is 7.52. The molecule has 0 radical (unpaired) electrons. The molecule has 0 saturated heterocycles. The summed E-state index contributed by atoms with van der Waals surface area (Å²) >= 11 is 0. The molecule has 158 valence electrons. The Hall–Kier alpha value is -4.38. The van der Waals surface area contributed by atoms with E-state index in [0.717, 1.165) is 40.3 Å². The van der Waals surface area contributed by atoms with Gasteiger partial charge in [0.25, 0.3) is 0 Å². The van der Waals surface area contributed by atoms with Gasteiger partial charge in [0.2, 0.25) is 11.8 Å². The summed E-state index contributed by atoms with van der Waals surface area (Å²) in [5.41, 5.74) is 11.2. The molecule has 1 aliphatic heterocycles. The average molecular weight is 423 g/mol. The molecule has 0 saturated carbocycles. The number of pyridine rings is 1. The van der Waals surface area contributed by atoms with Crippen molar-refractivity contribution in [2.45, 2.75) is 19.3 Å². The summed E-state index contributed by atoms with van der Waals surface area (Å²) in [4.78, 5) is 8.59. The number of aryl methyl sites for hydroxylation is 2. The second-order valence-corrected chi connectivity index (χ2v) is 7.52. The molecule has 2 N–H and O–H groups in total. The van der Waals surface area contributed by atoms with E-state index >= 15 is 0 Å². The molecular formula is C24H21N7O. The van der Waals surface area contributed by atoms with E-state index in [0.29, 0.717) is 11.5 Å². The zero-order valence-electron chi connectivity index (χ0n) is 17.7. The van der Waals surface area contributed by atoms with Crippen molar-refractivity contribution in [1.29, 1.82) is 5.26 Å². The molecule has 32 heavy (non-hydrogen) atoms. The number of benzene rings is 1. The Balaban J connectivity index is 1.59. The van der Waals surface area contributed by atoms with Gasteiger partial charge in [0.15, 0.2) is 0 Å². The molecule has 8 nitrogen and oxygen atoms in total. The van der Waals surface area contributed by atoms with Gasteiger partial charge in [-0.3, -0.25) is 9.55 Å². The van der Waals surface area contributed by atoms with Crippen LogP contribution in [0, 0.1) is 11.3 Å². The predicted octanol–water partition coefficient (Wildman–Crippen LogP) is 3.45. The lowest BCUT2D eigenvalue weighted by Gasteiger charge is -2.25. The number of hydrogen-bond donors (Lipinski definition) is 1. The van der Waals surface area contributed by atoms with Gasteiger partial charge in [0, 0.05) is 43.1 Å². The molecule has 3 aromatic heterocycles. The largest absolute Gasteiger partial charge is 0.422 e. The van der Waals surface area contributed by atoms with Crippen LogP contribution in [0.25, 0.3) is 17.1 Å². The first-order valence-electron chi connectivity index (χ1n) is 10.3. The van der Waals surface area contributed by atoms with Gasteiger partial charge in [-0.15, -0.1) is 0 Å². The van der Waals surface area contributed by atoms with Gasteiger partial charge in [-0.2, -0.15) is 10.4 Å². The lowest BCUT2D eigenvalue weighted by molar-refractivity contribution is 0.358. The van der Waals surface area contributed by atoms with Crippen LogP contribution in [-0.2, 0) is 13.5 Å². The van der Waals surface area contributed by atoms with Crippen molar-refractivity contribution in [1.82, 2.24) is 24.3 Å². The van der Waals surface area contributed by atoms with Crippen molar-refractivity contribution in [3.63, 3.8) is 0 Å². The molecule has 5 rings (SSSR count). The summed E-state index contributed by atoms with van der Waals surface area (Å²) in [5.74, 6) is 1.20. The Labute approximate surface area is 185 Å². The molecular weight excluding hydrogens is 402 g/mol. The first kappa shape index (κ1) is 19.6. The van der Waals surface area contributed by atoms with E-state index in [4.69, 9.17) is 10.5 Å². The Morgan fingerprint density at radius 2 is 1.88 bits per heavy atom. The average Bonchev–Trinajstić information content (AvgIpc) is 3.44. The van der Waals surface area contributed by atoms with Crippen molar-refractivity contribution in [2.24, 2.45) is 12.8 Å². The first-order valence-corrected chi connectivity index (χ1v) is 10.3. The summed E-state index contributed by atoms with van der Waals surface area (Å²) in [5, 5.41) is 14.4. The Morgan fingerprint density at radius 3 is 2.56 bits per heavy atom. The topological polar surface area (TPSA) is 108 Å². The van der Waals surface area contributed by atoms with Crippen molar-refractivity contribution in [2.75, 3.05) is 0 Å². The Bertz CT molecular complexity index is 1360. The fourth-order valence-corrected chi connectivity index (χ4v) is 4.20. The molecule has 0 spiro atoms. The minimum Gasteiger partial charge on any atom is -0.422 e. The standard InChI is InChI=1S/C24H21N7O/c1-3-19-21-20(18(14-25)22(26)32-24(21)30(2)29-19)15-4-6-17(7-5-15)31-13-12-28-23(31)16-8-10-27-11-9-16/h4-13,20H,3,26H2,1-2H3. The number of fused-ring (bicyclic) bond motifs is 1. The third-order valence-corrected chi connectivity index (χ3v) is 5.69. The second kappa shape index (κ2) is 7.71. The summed E-state index contributed by atoms with van der Waals surface area (Å²) < 4.78 is 9.47. The minimum atomic E-state index is -0.330. The van der Waals surface area contributed by atoms with E-state index < -0.39 is 0 Å². The van der Waals surface area contributed by atoms with Gasteiger partial charge in [-0.25, -0.2) is 9.67 Å². The van der Waals surface area contributed by atoms with Crippen LogP contribution in [0.3, 0.4) is 0 Å². The number of nitrogens with two attached hydrogens (primary N) is 1. The highest BCUT2D eigenvalue weighted by atomic mass is 16.5. The summed E-state index contributed by atoms with van der Waals surface area (Å²) in [6, 6.07) is 14.2. The molecule has 1 aromatic carbocycles. The molecule has 1 aliphatic rings.